The summed E-state index contributed by atoms with van der Waals surface area (Å²) in [7, 11) is 0. The molecule has 1 heterocycles. The lowest BCUT2D eigenvalue weighted by Gasteiger charge is -2.19. The second kappa shape index (κ2) is 8.63. The molecule has 3 N–H and O–H groups in total. The van der Waals surface area contributed by atoms with E-state index in [0.717, 1.165) is 25.1 Å². The van der Waals surface area contributed by atoms with E-state index in [0.29, 0.717) is 13.1 Å². The minimum Gasteiger partial charge on any atom is -0.444 e. The third-order valence-electron chi connectivity index (χ3n) is 2.54. The lowest BCUT2D eigenvalue weighted by Crippen LogP contribution is -2.33. The molecule has 0 radical (unpaired) electrons. The molecule has 0 aromatic carbocycles. The first-order valence-corrected chi connectivity index (χ1v) is 7.20. The van der Waals surface area contributed by atoms with Crippen LogP contribution in [0.15, 0.2) is 12.4 Å². The van der Waals surface area contributed by atoms with Crippen LogP contribution in [0.3, 0.4) is 0 Å². The molecule has 21 heavy (non-hydrogen) atoms. The normalized spacial score (nSPS) is 11.4. The quantitative estimate of drug-likeness (QED) is 0.620. The van der Waals surface area contributed by atoms with Crippen LogP contribution in [0.4, 0.5) is 4.79 Å². The minimum atomic E-state index is -0.461. The summed E-state index contributed by atoms with van der Waals surface area (Å²) in [5, 5.41) is 18.9. The molecule has 7 heteroatoms. The molecule has 0 saturated carbocycles. The monoisotopic (exact) mass is 298 g/mol. The maximum absolute atomic E-state index is 11.4. The van der Waals surface area contributed by atoms with Crippen LogP contribution in [-0.2, 0) is 17.8 Å². The highest BCUT2D eigenvalue weighted by atomic mass is 16.6. The van der Waals surface area contributed by atoms with Crippen molar-refractivity contribution >= 4 is 6.09 Å². The zero-order valence-electron chi connectivity index (χ0n) is 13.1. The Morgan fingerprint density at radius 2 is 2.19 bits per heavy atom. The summed E-state index contributed by atoms with van der Waals surface area (Å²) in [5.41, 5.74) is 0.611. The van der Waals surface area contributed by atoms with E-state index in [2.05, 4.69) is 15.7 Å². The SMILES string of the molecule is CC(C)(C)OC(=O)NCCCNCc1cnn(CCO)c1. The molecule has 1 aromatic rings. The summed E-state index contributed by atoms with van der Waals surface area (Å²) in [6.45, 7) is 8.20. The molecule has 1 aromatic heterocycles. The fourth-order valence-corrected chi connectivity index (χ4v) is 1.67. The van der Waals surface area contributed by atoms with Crippen molar-refractivity contribution in [1.29, 1.82) is 0 Å². The van der Waals surface area contributed by atoms with Crippen LogP contribution in [0, 0.1) is 0 Å². The molecule has 0 bridgehead atoms. The van der Waals surface area contributed by atoms with Crippen molar-refractivity contribution in [3.8, 4) is 0 Å². The summed E-state index contributed by atoms with van der Waals surface area (Å²) in [4.78, 5) is 11.4. The second-order valence-electron chi connectivity index (χ2n) is 5.79. The molecule has 1 amide bonds. The van der Waals surface area contributed by atoms with Gasteiger partial charge in [-0.05, 0) is 33.7 Å². The number of rotatable bonds is 8. The highest BCUT2D eigenvalue weighted by Crippen LogP contribution is 2.06. The number of hydrogen-bond acceptors (Lipinski definition) is 5. The maximum atomic E-state index is 11.4. The van der Waals surface area contributed by atoms with Crippen LogP contribution >= 0.6 is 0 Å². The van der Waals surface area contributed by atoms with Gasteiger partial charge in [-0.3, -0.25) is 4.68 Å². The molecule has 0 atom stereocenters. The van der Waals surface area contributed by atoms with Gasteiger partial charge in [0.15, 0.2) is 0 Å². The van der Waals surface area contributed by atoms with Crippen molar-refractivity contribution < 1.29 is 14.6 Å². The maximum Gasteiger partial charge on any atom is 0.407 e. The third-order valence-corrected chi connectivity index (χ3v) is 2.54. The van der Waals surface area contributed by atoms with E-state index in [9.17, 15) is 4.79 Å². The standard InChI is InChI=1S/C14H26N4O3/c1-14(2,3)21-13(20)16-6-4-5-15-9-12-10-17-18(11-12)7-8-19/h10-11,15,19H,4-9H2,1-3H3,(H,16,20). The zero-order chi connectivity index (χ0) is 15.7. The smallest absolute Gasteiger partial charge is 0.407 e. The number of aromatic nitrogens is 2. The molecule has 0 saturated heterocycles. The molecule has 7 nitrogen and oxygen atoms in total. The van der Waals surface area contributed by atoms with Crippen LogP contribution in [0.5, 0.6) is 0 Å². The first-order chi connectivity index (χ1) is 9.90. The van der Waals surface area contributed by atoms with Gasteiger partial charge >= 0.3 is 6.09 Å². The summed E-state index contributed by atoms with van der Waals surface area (Å²) in [6, 6.07) is 0. The average Bonchev–Trinajstić information content (AvgIpc) is 2.79. The Balaban J connectivity index is 2.05. The molecule has 120 valence electrons. The summed E-state index contributed by atoms with van der Waals surface area (Å²) in [6.07, 6.45) is 4.13. The van der Waals surface area contributed by atoms with Crippen LogP contribution < -0.4 is 10.6 Å². The number of aliphatic hydroxyl groups is 1. The third kappa shape index (κ3) is 8.31. The molecule has 0 aliphatic carbocycles. The van der Waals surface area contributed by atoms with Gasteiger partial charge in [0, 0.05) is 24.8 Å². The highest BCUT2D eigenvalue weighted by Gasteiger charge is 2.15. The molecular formula is C14H26N4O3. The lowest BCUT2D eigenvalue weighted by atomic mass is 10.2. The molecule has 0 aliphatic heterocycles. The number of nitrogens with zero attached hydrogens (tertiary/aromatic N) is 2. The van der Waals surface area contributed by atoms with Crippen molar-refractivity contribution in [3.63, 3.8) is 0 Å². The van der Waals surface area contributed by atoms with Crippen molar-refractivity contribution in [2.24, 2.45) is 0 Å². The Bertz CT molecular complexity index is 426. The summed E-state index contributed by atoms with van der Waals surface area (Å²) >= 11 is 0. The zero-order valence-corrected chi connectivity index (χ0v) is 13.1. The fraction of sp³-hybridized carbons (Fsp3) is 0.714. The number of carbonyl (C=O) groups is 1. The van der Waals surface area contributed by atoms with Gasteiger partial charge < -0.3 is 20.5 Å². The van der Waals surface area contributed by atoms with Gasteiger partial charge in [0.05, 0.1) is 19.3 Å². The number of hydrogen-bond donors (Lipinski definition) is 3. The number of aliphatic hydroxyl groups excluding tert-OH is 1. The average molecular weight is 298 g/mol. The van der Waals surface area contributed by atoms with Crippen molar-refractivity contribution in [3.05, 3.63) is 18.0 Å². The van der Waals surface area contributed by atoms with Crippen molar-refractivity contribution in [2.75, 3.05) is 19.7 Å². The number of ether oxygens (including phenoxy) is 1. The van der Waals surface area contributed by atoms with E-state index in [-0.39, 0.29) is 12.7 Å². The Labute approximate surface area is 125 Å². The minimum absolute atomic E-state index is 0.0882. The van der Waals surface area contributed by atoms with Gasteiger partial charge in [-0.2, -0.15) is 5.10 Å². The van der Waals surface area contributed by atoms with Gasteiger partial charge in [-0.1, -0.05) is 0 Å². The van der Waals surface area contributed by atoms with Gasteiger partial charge in [-0.15, -0.1) is 0 Å². The van der Waals surface area contributed by atoms with Crippen LogP contribution in [0.1, 0.15) is 32.8 Å². The Morgan fingerprint density at radius 3 is 2.86 bits per heavy atom. The number of amides is 1. The summed E-state index contributed by atoms with van der Waals surface area (Å²) < 4.78 is 6.85. The van der Waals surface area contributed by atoms with Gasteiger partial charge in [0.25, 0.3) is 0 Å². The lowest BCUT2D eigenvalue weighted by molar-refractivity contribution is 0.0527. The molecular weight excluding hydrogens is 272 g/mol. The topological polar surface area (TPSA) is 88.4 Å². The van der Waals surface area contributed by atoms with Crippen LogP contribution in [0.2, 0.25) is 0 Å². The Hall–Kier alpha value is -1.60. The van der Waals surface area contributed by atoms with E-state index < -0.39 is 5.60 Å². The Morgan fingerprint density at radius 1 is 1.43 bits per heavy atom. The van der Waals surface area contributed by atoms with Crippen molar-refractivity contribution in [1.82, 2.24) is 20.4 Å². The van der Waals surface area contributed by atoms with E-state index in [1.54, 1.807) is 10.9 Å². The molecule has 1 rings (SSSR count). The van der Waals surface area contributed by atoms with Gasteiger partial charge in [0.1, 0.15) is 5.60 Å². The number of carbonyl (C=O) groups excluding carboxylic acids is 1. The molecule has 0 aliphatic rings. The number of nitrogens with one attached hydrogen (secondary N) is 2. The molecule has 0 fully saturated rings. The summed E-state index contributed by atoms with van der Waals surface area (Å²) in [5.74, 6) is 0. The van der Waals surface area contributed by atoms with Gasteiger partial charge in [-0.25, -0.2) is 4.79 Å². The number of alkyl carbamates (subject to hydrolysis) is 1. The van der Waals surface area contributed by atoms with E-state index in [1.165, 1.54) is 0 Å². The fourth-order valence-electron chi connectivity index (χ4n) is 1.67. The molecule has 0 unspecified atom stereocenters. The first-order valence-electron chi connectivity index (χ1n) is 7.20. The first kappa shape index (κ1) is 17.5. The molecule has 0 spiro atoms. The predicted molar refractivity (Wildman–Crippen MR) is 79.9 cm³/mol. The van der Waals surface area contributed by atoms with E-state index >= 15 is 0 Å². The van der Waals surface area contributed by atoms with E-state index in [1.807, 2.05) is 27.0 Å². The highest BCUT2D eigenvalue weighted by molar-refractivity contribution is 5.67. The van der Waals surface area contributed by atoms with Crippen LogP contribution in [-0.4, -0.2) is 46.3 Å². The van der Waals surface area contributed by atoms with Crippen molar-refractivity contribution in [2.45, 2.75) is 45.9 Å². The van der Waals surface area contributed by atoms with Gasteiger partial charge in [0.2, 0.25) is 0 Å². The Kier molecular flexibility index (Phi) is 7.18. The predicted octanol–water partition coefficient (Wildman–Crippen LogP) is 0.880. The second-order valence-corrected chi connectivity index (χ2v) is 5.79. The van der Waals surface area contributed by atoms with E-state index in [4.69, 9.17) is 9.84 Å². The largest absolute Gasteiger partial charge is 0.444 e. The van der Waals surface area contributed by atoms with Crippen LogP contribution in [0.25, 0.3) is 0 Å².